The Kier molecular flexibility index (Phi) is 5.19. The molecule has 0 fully saturated rings. The number of rotatable bonds is 4. The van der Waals surface area contributed by atoms with Gasteiger partial charge in [0.15, 0.2) is 0 Å². The standard InChI is InChI=1S/C8H12Cl4N2O2Si2/c1-17(9,10)5-13-4-3-7(15)14(8(13)16)6-18(2,11)12/h3-4H,5-6H2,1-2H3. The van der Waals surface area contributed by atoms with Crippen molar-refractivity contribution in [2.24, 2.45) is 0 Å². The van der Waals surface area contributed by atoms with Crippen molar-refractivity contribution in [2.45, 2.75) is 25.4 Å². The molecule has 1 heterocycles. The molecule has 0 aromatic carbocycles. The van der Waals surface area contributed by atoms with E-state index in [0.717, 1.165) is 4.57 Å². The van der Waals surface area contributed by atoms with Gasteiger partial charge in [0.05, 0.1) is 6.17 Å². The average molecular weight is 366 g/mol. The van der Waals surface area contributed by atoms with Gasteiger partial charge in [0.25, 0.3) is 18.9 Å². The molecule has 0 aliphatic carbocycles. The van der Waals surface area contributed by atoms with Crippen LogP contribution >= 0.6 is 44.3 Å². The van der Waals surface area contributed by atoms with Gasteiger partial charge in [-0.2, -0.15) is 0 Å². The van der Waals surface area contributed by atoms with Gasteiger partial charge in [-0.1, -0.05) is 0 Å². The summed E-state index contributed by atoms with van der Waals surface area (Å²) in [5, 5.41) is 0. The summed E-state index contributed by atoms with van der Waals surface area (Å²) in [7, 11) is 0. The molecule has 0 amide bonds. The highest BCUT2D eigenvalue weighted by molar-refractivity contribution is 7.44. The molecule has 1 aromatic rings. The molecular formula is C8H12Cl4N2O2Si2. The van der Waals surface area contributed by atoms with E-state index in [1.165, 1.54) is 16.8 Å². The van der Waals surface area contributed by atoms with Crippen molar-refractivity contribution in [1.29, 1.82) is 0 Å². The first-order valence-corrected chi connectivity index (χ1v) is 14.5. The topological polar surface area (TPSA) is 44.0 Å². The van der Waals surface area contributed by atoms with Crippen LogP contribution in [-0.4, -0.2) is 22.5 Å². The number of aromatic nitrogens is 2. The minimum Gasteiger partial charge on any atom is -0.301 e. The van der Waals surface area contributed by atoms with E-state index in [0.29, 0.717) is 0 Å². The second kappa shape index (κ2) is 5.72. The average Bonchev–Trinajstić information content (AvgIpc) is 2.14. The second-order valence-corrected chi connectivity index (χ2v) is 20.4. The highest BCUT2D eigenvalue weighted by Gasteiger charge is 2.26. The Morgan fingerprint density at radius 2 is 1.56 bits per heavy atom. The van der Waals surface area contributed by atoms with Gasteiger partial charge in [-0.25, -0.2) is 4.79 Å². The zero-order valence-electron chi connectivity index (χ0n) is 9.79. The minimum absolute atomic E-state index is 0.0391. The van der Waals surface area contributed by atoms with Crippen molar-refractivity contribution in [3.8, 4) is 0 Å². The smallest absolute Gasteiger partial charge is 0.301 e. The first-order chi connectivity index (χ1) is 7.99. The number of nitrogens with zero attached hydrogens (tertiary/aromatic N) is 2. The molecule has 18 heavy (non-hydrogen) atoms. The maximum absolute atomic E-state index is 12.1. The Morgan fingerprint density at radius 1 is 1.06 bits per heavy atom. The summed E-state index contributed by atoms with van der Waals surface area (Å²) < 4.78 is 2.35. The maximum atomic E-state index is 12.1. The fraction of sp³-hybridized carbons (Fsp3) is 0.500. The SMILES string of the molecule is C[Si](Cl)(Cl)Cn1ccc(=O)n(C[Si](C)(Cl)Cl)c1=O. The number of hydrogen-bond acceptors (Lipinski definition) is 2. The molecule has 0 bridgehead atoms. The van der Waals surface area contributed by atoms with Crippen LogP contribution in [0.4, 0.5) is 0 Å². The molecule has 1 rings (SSSR count). The molecule has 0 aliphatic rings. The quantitative estimate of drug-likeness (QED) is 0.606. The molecule has 10 heteroatoms. The number of halogens is 4. The van der Waals surface area contributed by atoms with E-state index in [9.17, 15) is 9.59 Å². The lowest BCUT2D eigenvalue weighted by atomic mass is 10.6. The van der Waals surface area contributed by atoms with E-state index in [-0.39, 0.29) is 12.3 Å². The Balaban J connectivity index is 3.24. The molecule has 1 aromatic heterocycles. The van der Waals surface area contributed by atoms with E-state index >= 15 is 0 Å². The molecule has 0 aliphatic heterocycles. The molecule has 4 nitrogen and oxygen atoms in total. The second-order valence-electron chi connectivity index (χ2n) is 4.29. The molecule has 0 N–H and O–H groups in total. The molecule has 102 valence electrons. The molecule has 0 atom stereocenters. The van der Waals surface area contributed by atoms with Crippen molar-refractivity contribution in [3.63, 3.8) is 0 Å². The van der Waals surface area contributed by atoms with Gasteiger partial charge in [0.1, 0.15) is 0 Å². The van der Waals surface area contributed by atoms with Gasteiger partial charge in [-0.05, 0) is 13.1 Å². The summed E-state index contributed by atoms with van der Waals surface area (Å²) in [6.45, 7) is -1.76. The molecule has 0 unspecified atom stereocenters. The minimum atomic E-state index is -2.60. The summed E-state index contributed by atoms with van der Waals surface area (Å²) in [5.41, 5.74) is -0.911. The van der Waals surface area contributed by atoms with Gasteiger partial charge in [0, 0.05) is 18.4 Å². The van der Waals surface area contributed by atoms with Crippen LogP contribution in [-0.2, 0) is 12.3 Å². The molecular weight excluding hydrogens is 354 g/mol. The lowest BCUT2D eigenvalue weighted by Gasteiger charge is -2.16. The third-order valence-corrected chi connectivity index (χ3v) is 5.23. The Bertz CT molecular complexity index is 544. The van der Waals surface area contributed by atoms with Gasteiger partial charge < -0.3 is 4.57 Å². The number of hydrogen-bond donors (Lipinski definition) is 0. The van der Waals surface area contributed by atoms with Crippen molar-refractivity contribution in [3.05, 3.63) is 33.1 Å². The predicted molar refractivity (Wildman–Crippen MR) is 81.6 cm³/mol. The van der Waals surface area contributed by atoms with E-state index in [4.69, 9.17) is 44.3 Å². The highest BCUT2D eigenvalue weighted by Crippen LogP contribution is 2.16. The van der Waals surface area contributed by atoms with Crippen LogP contribution in [0.5, 0.6) is 0 Å². The highest BCUT2D eigenvalue weighted by atomic mass is 35.7. The molecule has 0 spiro atoms. The third-order valence-electron chi connectivity index (χ3n) is 2.02. The summed E-state index contributed by atoms with van der Waals surface area (Å²) in [4.78, 5) is 23.7. The first kappa shape index (κ1) is 16.3. The van der Waals surface area contributed by atoms with E-state index in [1.54, 1.807) is 13.1 Å². The Hall–Kier alpha value is 0.274. The van der Waals surface area contributed by atoms with Gasteiger partial charge in [0.2, 0.25) is 0 Å². The van der Waals surface area contributed by atoms with Crippen LogP contribution in [0, 0.1) is 0 Å². The van der Waals surface area contributed by atoms with Crippen LogP contribution in [0.15, 0.2) is 21.9 Å². The van der Waals surface area contributed by atoms with Crippen molar-refractivity contribution in [1.82, 2.24) is 9.13 Å². The zero-order chi connectivity index (χ0) is 14.1. The fourth-order valence-electron chi connectivity index (χ4n) is 1.40. The van der Waals surface area contributed by atoms with Gasteiger partial charge in [-0.15, -0.1) is 44.3 Å². The lowest BCUT2D eigenvalue weighted by Crippen LogP contribution is -2.45. The van der Waals surface area contributed by atoms with E-state index in [1.807, 2.05) is 0 Å². The summed E-state index contributed by atoms with van der Waals surface area (Å²) in [6.07, 6.45) is 1.63. The van der Waals surface area contributed by atoms with Crippen LogP contribution in [0.3, 0.4) is 0 Å². The van der Waals surface area contributed by atoms with Crippen molar-refractivity contribution >= 4 is 57.7 Å². The monoisotopic (exact) mass is 364 g/mol. The van der Waals surface area contributed by atoms with Crippen LogP contribution in [0.2, 0.25) is 13.1 Å². The largest absolute Gasteiger partial charge is 0.330 e. The maximum Gasteiger partial charge on any atom is 0.330 e. The van der Waals surface area contributed by atoms with Crippen LogP contribution in [0.1, 0.15) is 0 Å². The molecule has 0 radical (unpaired) electrons. The Morgan fingerprint density at radius 3 is 2.00 bits per heavy atom. The summed E-state index contributed by atoms with van der Waals surface area (Å²) >= 11 is 23.9. The van der Waals surface area contributed by atoms with Crippen molar-refractivity contribution in [2.75, 3.05) is 0 Å². The first-order valence-electron chi connectivity index (χ1n) is 5.05. The van der Waals surface area contributed by atoms with Gasteiger partial charge in [-0.3, -0.25) is 9.36 Å². The predicted octanol–water partition coefficient (Wildman–Crippen LogP) is 2.19. The van der Waals surface area contributed by atoms with Gasteiger partial charge >= 0.3 is 5.69 Å². The van der Waals surface area contributed by atoms with Crippen LogP contribution < -0.4 is 11.2 Å². The summed E-state index contributed by atoms with van der Waals surface area (Å²) in [5.74, 6) is 0. The third kappa shape index (κ3) is 5.10. The lowest BCUT2D eigenvalue weighted by molar-refractivity contribution is 0.654. The zero-order valence-corrected chi connectivity index (χ0v) is 14.8. The normalized spacial score (nSPS) is 12.8. The Labute approximate surface area is 125 Å². The van der Waals surface area contributed by atoms with Crippen LogP contribution in [0.25, 0.3) is 0 Å². The fourth-order valence-corrected chi connectivity index (χ4v) is 4.57. The molecule has 0 saturated heterocycles. The summed E-state index contributed by atoms with van der Waals surface area (Å²) in [6, 6.07) is 1.28. The van der Waals surface area contributed by atoms with Crippen molar-refractivity contribution < 1.29 is 0 Å². The van der Waals surface area contributed by atoms with E-state index in [2.05, 4.69) is 0 Å². The molecule has 0 saturated carbocycles. The van der Waals surface area contributed by atoms with E-state index < -0.39 is 24.6 Å².